The molecule has 7 heteroatoms. The molecule has 0 unspecified atom stereocenters. The first kappa shape index (κ1) is 22.6. The minimum absolute atomic E-state index is 0.0174. The highest BCUT2D eigenvalue weighted by atomic mass is 16.7. The molecule has 1 aliphatic heterocycles. The van der Waals surface area contributed by atoms with Crippen LogP contribution in [0.3, 0.4) is 0 Å². The van der Waals surface area contributed by atoms with Gasteiger partial charge in [0, 0.05) is 16.7 Å². The van der Waals surface area contributed by atoms with Gasteiger partial charge in [-0.1, -0.05) is 32.9 Å². The smallest absolute Gasteiger partial charge is 0.163 e. The maximum atomic E-state index is 12.1. The Bertz CT molecular complexity index is 761. The van der Waals surface area contributed by atoms with Crippen LogP contribution in [0.15, 0.2) is 12.2 Å². The standard InChI is InChI=1S/C23H38O7/c1-12-8-9-13-21(7)14(12)15(24)22(27)11-10-20(6,26)23(28,18(22,2)3)16(25)17(21)30-19(4,5)29-13/h13-17,24-28H,1,8-11H2,2-7H3/t13-,14-,15-,16-,17+,20+,21+,22+,23+/m0/s1. The van der Waals surface area contributed by atoms with E-state index in [4.69, 9.17) is 9.47 Å². The first-order valence-electron chi connectivity index (χ1n) is 11.0. The summed E-state index contributed by atoms with van der Waals surface area (Å²) in [5.74, 6) is -1.63. The highest BCUT2D eigenvalue weighted by molar-refractivity contribution is 5.31. The van der Waals surface area contributed by atoms with Crippen LogP contribution >= 0.6 is 0 Å². The minimum Gasteiger partial charge on any atom is -0.389 e. The molecule has 7 nitrogen and oxygen atoms in total. The van der Waals surface area contributed by atoms with E-state index in [1.54, 1.807) is 27.7 Å². The topological polar surface area (TPSA) is 120 Å². The zero-order valence-corrected chi connectivity index (χ0v) is 19.0. The Balaban J connectivity index is 2.03. The molecule has 4 rings (SSSR count). The van der Waals surface area contributed by atoms with Crippen LogP contribution < -0.4 is 0 Å². The third-order valence-electron chi connectivity index (χ3n) is 9.35. The molecule has 0 aromatic carbocycles. The molecule has 0 aromatic heterocycles. The predicted molar refractivity (Wildman–Crippen MR) is 109 cm³/mol. The zero-order chi connectivity index (χ0) is 22.7. The molecule has 0 aromatic rings. The van der Waals surface area contributed by atoms with E-state index in [9.17, 15) is 25.5 Å². The summed E-state index contributed by atoms with van der Waals surface area (Å²) in [6.45, 7) is 14.3. The van der Waals surface area contributed by atoms with Crippen molar-refractivity contribution in [3.8, 4) is 0 Å². The van der Waals surface area contributed by atoms with E-state index in [2.05, 4.69) is 6.58 Å². The highest BCUT2D eigenvalue weighted by Crippen LogP contribution is 2.66. The van der Waals surface area contributed by atoms with Gasteiger partial charge in [-0.25, -0.2) is 0 Å². The van der Waals surface area contributed by atoms with Gasteiger partial charge < -0.3 is 35.0 Å². The third kappa shape index (κ3) is 2.35. The highest BCUT2D eigenvalue weighted by Gasteiger charge is 2.78. The Morgan fingerprint density at radius 3 is 2.10 bits per heavy atom. The molecule has 0 radical (unpaired) electrons. The normalized spacial score (nSPS) is 57.2. The van der Waals surface area contributed by atoms with Crippen molar-refractivity contribution in [2.45, 2.75) is 114 Å². The van der Waals surface area contributed by atoms with E-state index in [0.29, 0.717) is 12.8 Å². The zero-order valence-electron chi connectivity index (χ0n) is 19.0. The van der Waals surface area contributed by atoms with Gasteiger partial charge in [-0.2, -0.15) is 0 Å². The second kappa shape index (κ2) is 6.07. The van der Waals surface area contributed by atoms with Crippen LogP contribution in [0.2, 0.25) is 0 Å². The monoisotopic (exact) mass is 426 g/mol. The van der Waals surface area contributed by atoms with Gasteiger partial charge in [0.15, 0.2) is 5.79 Å². The molecule has 9 atom stereocenters. The molecule has 0 spiro atoms. The van der Waals surface area contributed by atoms with Gasteiger partial charge >= 0.3 is 0 Å². The number of fused-ring (bicyclic) bond motifs is 2. The number of hydrogen-bond donors (Lipinski definition) is 5. The molecule has 1 heterocycles. The molecule has 2 bridgehead atoms. The van der Waals surface area contributed by atoms with Crippen LogP contribution in [0.5, 0.6) is 0 Å². The molecule has 3 aliphatic carbocycles. The Morgan fingerprint density at radius 1 is 0.900 bits per heavy atom. The summed E-state index contributed by atoms with van der Waals surface area (Å²) in [5.41, 5.74) is -7.27. The van der Waals surface area contributed by atoms with E-state index >= 15 is 0 Å². The Hall–Kier alpha value is -0.540. The summed E-state index contributed by atoms with van der Waals surface area (Å²) in [7, 11) is 0. The van der Waals surface area contributed by atoms with Crippen LogP contribution in [0.25, 0.3) is 0 Å². The van der Waals surface area contributed by atoms with Gasteiger partial charge in [-0.15, -0.1) is 0 Å². The van der Waals surface area contributed by atoms with Crippen molar-refractivity contribution in [1.29, 1.82) is 0 Å². The number of aliphatic hydroxyl groups excluding tert-OH is 2. The lowest BCUT2D eigenvalue weighted by Gasteiger charge is -2.71. The van der Waals surface area contributed by atoms with E-state index in [1.807, 2.05) is 6.92 Å². The van der Waals surface area contributed by atoms with Gasteiger partial charge in [0.05, 0.1) is 29.5 Å². The molecule has 30 heavy (non-hydrogen) atoms. The summed E-state index contributed by atoms with van der Waals surface area (Å²) in [6.07, 6.45) is -2.81. The molecule has 172 valence electrons. The van der Waals surface area contributed by atoms with Crippen molar-refractivity contribution in [3.05, 3.63) is 12.2 Å². The minimum atomic E-state index is -2.15. The van der Waals surface area contributed by atoms with Crippen molar-refractivity contribution < 1.29 is 35.0 Å². The van der Waals surface area contributed by atoms with E-state index in [1.165, 1.54) is 6.92 Å². The van der Waals surface area contributed by atoms with Crippen molar-refractivity contribution in [3.63, 3.8) is 0 Å². The first-order chi connectivity index (χ1) is 13.5. The number of rotatable bonds is 0. The average Bonchev–Trinajstić information content (AvgIpc) is 2.62. The van der Waals surface area contributed by atoms with Gasteiger partial charge in [0.2, 0.25) is 0 Å². The van der Waals surface area contributed by atoms with Crippen molar-refractivity contribution in [2.24, 2.45) is 16.7 Å². The van der Waals surface area contributed by atoms with Crippen LogP contribution in [-0.4, -0.2) is 72.5 Å². The lowest BCUT2D eigenvalue weighted by molar-refractivity contribution is -0.421. The lowest BCUT2D eigenvalue weighted by Crippen LogP contribution is -2.84. The van der Waals surface area contributed by atoms with Gasteiger partial charge in [-0.3, -0.25) is 0 Å². The fourth-order valence-electron chi connectivity index (χ4n) is 7.38. The largest absolute Gasteiger partial charge is 0.389 e. The van der Waals surface area contributed by atoms with Gasteiger partial charge in [0.25, 0.3) is 0 Å². The van der Waals surface area contributed by atoms with Gasteiger partial charge in [-0.05, 0) is 46.5 Å². The Kier molecular flexibility index (Phi) is 4.58. The molecule has 5 N–H and O–H groups in total. The molecule has 0 amide bonds. The molecule has 1 saturated heterocycles. The fraction of sp³-hybridized carbons (Fsp3) is 0.913. The Labute approximate surface area is 178 Å². The third-order valence-corrected chi connectivity index (χ3v) is 9.35. The maximum Gasteiger partial charge on any atom is 0.163 e. The summed E-state index contributed by atoms with van der Waals surface area (Å²) in [5, 5.41) is 58.8. The number of aliphatic hydroxyl groups is 5. The first-order valence-corrected chi connectivity index (χ1v) is 11.0. The number of ether oxygens (including phenoxy) is 2. The number of hydrogen-bond acceptors (Lipinski definition) is 7. The van der Waals surface area contributed by atoms with Crippen molar-refractivity contribution in [1.82, 2.24) is 0 Å². The molecular weight excluding hydrogens is 388 g/mol. The summed E-state index contributed by atoms with van der Waals surface area (Å²) in [4.78, 5) is 0. The average molecular weight is 427 g/mol. The molecule has 4 aliphatic rings. The summed E-state index contributed by atoms with van der Waals surface area (Å²) >= 11 is 0. The molecule has 3 saturated carbocycles. The van der Waals surface area contributed by atoms with Crippen LogP contribution in [0.1, 0.15) is 67.2 Å². The predicted octanol–water partition coefficient (Wildman–Crippen LogP) is 1.25. The molecule has 4 fully saturated rings. The SMILES string of the molecule is C=C1CC[C@@H]2OC(C)(C)O[C@@H]3[C@H](O)[C@@]4(O)C(C)(C)[C@@](O)(CC[C@@]4(C)O)[C@@H](O)[C@H]1[C@@]23C. The van der Waals surface area contributed by atoms with E-state index in [-0.39, 0.29) is 18.9 Å². The lowest BCUT2D eigenvalue weighted by atomic mass is 9.42. The van der Waals surface area contributed by atoms with E-state index < -0.39 is 57.7 Å². The van der Waals surface area contributed by atoms with Crippen LogP contribution in [0.4, 0.5) is 0 Å². The summed E-state index contributed by atoms with van der Waals surface area (Å²) in [6, 6.07) is 0. The van der Waals surface area contributed by atoms with Gasteiger partial charge in [0.1, 0.15) is 11.7 Å². The second-order valence-electron chi connectivity index (χ2n) is 11.6. The molecular formula is C23H38O7. The van der Waals surface area contributed by atoms with Crippen LogP contribution in [-0.2, 0) is 9.47 Å². The van der Waals surface area contributed by atoms with Crippen molar-refractivity contribution in [2.75, 3.05) is 0 Å². The second-order valence-corrected chi connectivity index (χ2v) is 11.6. The quantitative estimate of drug-likeness (QED) is 0.370. The maximum absolute atomic E-state index is 12.1. The fourth-order valence-corrected chi connectivity index (χ4v) is 7.38. The van der Waals surface area contributed by atoms with E-state index in [0.717, 1.165) is 5.57 Å². The Morgan fingerprint density at radius 2 is 1.50 bits per heavy atom. The van der Waals surface area contributed by atoms with Crippen molar-refractivity contribution >= 4 is 0 Å². The summed E-state index contributed by atoms with van der Waals surface area (Å²) < 4.78 is 12.5. The van der Waals surface area contributed by atoms with Crippen LogP contribution in [0, 0.1) is 16.7 Å².